The topological polar surface area (TPSA) is 86.3 Å². The Kier molecular flexibility index (Phi) is 4.82. The quantitative estimate of drug-likeness (QED) is 0.535. The minimum Gasteiger partial charge on any atom is -0.465 e. The molecule has 3 heterocycles. The average Bonchev–Trinajstić information content (AvgIpc) is 3.23. The van der Waals surface area contributed by atoms with Gasteiger partial charge in [0.25, 0.3) is 5.56 Å². The predicted octanol–water partition coefficient (Wildman–Crippen LogP) is 5.16. The number of fused-ring (bicyclic) bond motifs is 1. The molecule has 29 heavy (non-hydrogen) atoms. The minimum absolute atomic E-state index is 0.137. The third-order valence-electron chi connectivity index (χ3n) is 5.86. The van der Waals surface area contributed by atoms with E-state index in [9.17, 15) is 14.7 Å². The largest absolute Gasteiger partial charge is 0.465 e. The smallest absolute Gasteiger partial charge is 0.408 e. The number of thiophene rings is 1. The highest BCUT2D eigenvalue weighted by molar-refractivity contribution is 9.11. The molecule has 4 rings (SSSR count). The number of benzene rings is 1. The Hall–Kier alpha value is -2.19. The number of carbonyl (C=O) groups is 1. The number of halogens is 1. The van der Waals surface area contributed by atoms with Gasteiger partial charge >= 0.3 is 6.09 Å². The fourth-order valence-corrected chi connectivity index (χ4v) is 6.26. The van der Waals surface area contributed by atoms with Gasteiger partial charge in [0.15, 0.2) is 0 Å². The zero-order valence-corrected chi connectivity index (χ0v) is 18.8. The number of rotatable bonds is 2. The summed E-state index contributed by atoms with van der Waals surface area (Å²) in [4.78, 5) is 34.5. The highest BCUT2D eigenvalue weighted by atomic mass is 79.9. The number of amides is 1. The molecule has 2 aromatic heterocycles. The number of carboxylic acid groups (broad SMARTS) is 1. The molecule has 0 spiro atoms. The number of nitrogens with zero attached hydrogens (tertiary/aromatic N) is 2. The van der Waals surface area contributed by atoms with E-state index in [4.69, 9.17) is 4.98 Å². The molecule has 1 fully saturated rings. The first-order valence-corrected chi connectivity index (χ1v) is 11.0. The molecule has 1 amide bonds. The van der Waals surface area contributed by atoms with Gasteiger partial charge in [-0.2, -0.15) is 0 Å². The van der Waals surface area contributed by atoms with Crippen molar-refractivity contribution in [1.82, 2.24) is 14.9 Å². The van der Waals surface area contributed by atoms with E-state index in [0.717, 1.165) is 9.35 Å². The Morgan fingerprint density at radius 1 is 1.34 bits per heavy atom. The molecular weight excluding hydrogens is 454 g/mol. The van der Waals surface area contributed by atoms with E-state index in [0.29, 0.717) is 29.0 Å². The van der Waals surface area contributed by atoms with Gasteiger partial charge in [-0.25, -0.2) is 9.78 Å². The zero-order chi connectivity index (χ0) is 21.0. The molecule has 1 aliphatic heterocycles. The lowest BCUT2D eigenvalue weighted by atomic mass is 9.64. The summed E-state index contributed by atoms with van der Waals surface area (Å²) < 4.78 is 1.34. The van der Waals surface area contributed by atoms with Crippen molar-refractivity contribution in [1.29, 1.82) is 0 Å². The highest BCUT2D eigenvalue weighted by Crippen LogP contribution is 2.57. The monoisotopic (exact) mass is 475 g/mol. The molecular formula is C21H22BrN3O3S. The number of likely N-dealkylation sites (tertiary alicyclic amines) is 1. The van der Waals surface area contributed by atoms with Crippen LogP contribution in [0.15, 0.2) is 45.0 Å². The van der Waals surface area contributed by atoms with Crippen LogP contribution in [0.4, 0.5) is 4.79 Å². The van der Waals surface area contributed by atoms with Crippen molar-refractivity contribution >= 4 is 43.6 Å². The van der Waals surface area contributed by atoms with Gasteiger partial charge in [-0.1, -0.05) is 51.1 Å². The second kappa shape index (κ2) is 6.95. The highest BCUT2D eigenvalue weighted by Gasteiger charge is 2.61. The third kappa shape index (κ3) is 3.00. The summed E-state index contributed by atoms with van der Waals surface area (Å²) in [7, 11) is 0. The third-order valence-corrected chi connectivity index (χ3v) is 7.49. The average molecular weight is 476 g/mol. The molecule has 2 atom stereocenters. The molecule has 6 nitrogen and oxygen atoms in total. The first-order chi connectivity index (χ1) is 13.7. The number of aromatic amines is 1. The maximum Gasteiger partial charge on any atom is 0.408 e. The normalized spacial score (nSPS) is 22.3. The molecule has 0 bridgehead atoms. The first-order valence-electron chi connectivity index (χ1n) is 9.41. The van der Waals surface area contributed by atoms with Crippen LogP contribution in [-0.2, 0) is 5.54 Å². The Labute approximate surface area is 180 Å². The molecule has 3 aromatic rings. The SMILES string of the molecule is CC(C)(C)[C@@]1(c2nc3cc(Br)sc3c(=O)[nH]2)[C@@H](c2ccccc2)CCN1C(=O)O. The molecule has 1 saturated heterocycles. The predicted molar refractivity (Wildman–Crippen MR) is 118 cm³/mol. The van der Waals surface area contributed by atoms with Crippen molar-refractivity contribution in [3.63, 3.8) is 0 Å². The van der Waals surface area contributed by atoms with E-state index >= 15 is 0 Å². The van der Waals surface area contributed by atoms with E-state index in [1.54, 1.807) is 0 Å². The van der Waals surface area contributed by atoms with E-state index in [1.807, 2.05) is 57.2 Å². The van der Waals surface area contributed by atoms with Crippen LogP contribution in [0, 0.1) is 5.41 Å². The van der Waals surface area contributed by atoms with E-state index < -0.39 is 17.0 Å². The van der Waals surface area contributed by atoms with Gasteiger partial charge in [0.2, 0.25) is 0 Å². The van der Waals surface area contributed by atoms with Gasteiger partial charge < -0.3 is 10.1 Å². The van der Waals surface area contributed by atoms with E-state index in [2.05, 4.69) is 20.9 Å². The Morgan fingerprint density at radius 2 is 2.03 bits per heavy atom. The van der Waals surface area contributed by atoms with Crippen LogP contribution >= 0.6 is 27.3 Å². The maximum absolute atomic E-state index is 12.9. The molecule has 152 valence electrons. The standard InChI is InChI=1S/C21H22BrN3O3S/c1-20(2,3)21(18-23-14-11-15(22)29-16(14)17(26)24-18)13(9-10-25(21)19(27)28)12-7-5-4-6-8-12/h4-8,11,13H,9-10H2,1-3H3,(H,27,28)(H,23,24,26)/t13-,21+/m1/s1. The van der Waals surface area contributed by atoms with Crippen LogP contribution in [0.1, 0.15) is 44.5 Å². The summed E-state index contributed by atoms with van der Waals surface area (Å²) in [5.41, 5.74) is -0.164. The van der Waals surface area contributed by atoms with Crippen molar-refractivity contribution in [3.8, 4) is 0 Å². The molecule has 0 unspecified atom stereocenters. The molecule has 1 aliphatic rings. The maximum atomic E-state index is 12.9. The van der Waals surface area contributed by atoms with Crippen LogP contribution in [0.25, 0.3) is 10.2 Å². The Morgan fingerprint density at radius 3 is 2.66 bits per heavy atom. The van der Waals surface area contributed by atoms with Crippen LogP contribution in [0.5, 0.6) is 0 Å². The summed E-state index contributed by atoms with van der Waals surface area (Å²) in [6, 6.07) is 11.7. The summed E-state index contributed by atoms with van der Waals surface area (Å²) in [5.74, 6) is 0.268. The lowest BCUT2D eigenvalue weighted by Crippen LogP contribution is -2.56. The van der Waals surface area contributed by atoms with Crippen molar-refractivity contribution < 1.29 is 9.90 Å². The number of aromatic nitrogens is 2. The second-order valence-corrected chi connectivity index (χ2v) is 10.8. The second-order valence-electron chi connectivity index (χ2n) is 8.38. The van der Waals surface area contributed by atoms with Crippen LogP contribution in [0.2, 0.25) is 0 Å². The summed E-state index contributed by atoms with van der Waals surface area (Å²) in [6.45, 7) is 6.41. The van der Waals surface area contributed by atoms with Crippen molar-refractivity contribution in [2.45, 2.75) is 38.6 Å². The molecule has 1 aromatic carbocycles. The van der Waals surface area contributed by atoms with Gasteiger partial charge in [0.1, 0.15) is 16.1 Å². The van der Waals surface area contributed by atoms with Crippen molar-refractivity contribution in [3.05, 3.63) is 61.9 Å². The molecule has 0 saturated carbocycles. The molecule has 0 radical (unpaired) electrons. The number of hydrogen-bond donors (Lipinski definition) is 2. The van der Waals surface area contributed by atoms with Crippen molar-refractivity contribution in [2.75, 3.05) is 6.54 Å². The van der Waals surface area contributed by atoms with E-state index in [1.165, 1.54) is 16.2 Å². The number of hydrogen-bond acceptors (Lipinski definition) is 4. The molecule has 0 aliphatic carbocycles. The van der Waals surface area contributed by atoms with Gasteiger partial charge in [-0.3, -0.25) is 9.69 Å². The lowest BCUT2D eigenvalue weighted by Gasteiger charge is -2.49. The zero-order valence-electron chi connectivity index (χ0n) is 16.4. The molecule has 8 heteroatoms. The van der Waals surface area contributed by atoms with Gasteiger partial charge in [0, 0.05) is 12.5 Å². The summed E-state index contributed by atoms with van der Waals surface area (Å²) >= 11 is 4.75. The van der Waals surface area contributed by atoms with Crippen LogP contribution in [-0.4, -0.2) is 32.6 Å². The van der Waals surface area contributed by atoms with Gasteiger partial charge in [-0.15, -0.1) is 11.3 Å². The fourth-order valence-electron chi connectivity index (χ4n) is 4.84. The number of H-pyrrole nitrogens is 1. The molecule has 2 N–H and O–H groups in total. The summed E-state index contributed by atoms with van der Waals surface area (Å²) in [6.07, 6.45) is -0.351. The van der Waals surface area contributed by atoms with Gasteiger partial charge in [0.05, 0.1) is 9.30 Å². The van der Waals surface area contributed by atoms with Crippen LogP contribution in [0.3, 0.4) is 0 Å². The minimum atomic E-state index is -1.01. The van der Waals surface area contributed by atoms with E-state index in [-0.39, 0.29) is 11.5 Å². The Bertz CT molecular complexity index is 1140. The van der Waals surface area contributed by atoms with Crippen molar-refractivity contribution in [2.24, 2.45) is 5.41 Å². The Balaban J connectivity index is 2.07. The summed E-state index contributed by atoms with van der Waals surface area (Å²) in [5, 5.41) is 10.1. The number of nitrogens with one attached hydrogen (secondary N) is 1. The van der Waals surface area contributed by atoms with Gasteiger partial charge in [-0.05, 0) is 39.4 Å². The first kappa shape index (κ1) is 20.1. The van der Waals surface area contributed by atoms with Crippen LogP contribution < -0.4 is 5.56 Å². The fraction of sp³-hybridized carbons (Fsp3) is 0.381. The lowest BCUT2D eigenvalue weighted by molar-refractivity contribution is 0.00981.